The van der Waals surface area contributed by atoms with Gasteiger partial charge in [-0.2, -0.15) is 0 Å². The molecule has 0 bridgehead atoms. The predicted octanol–water partition coefficient (Wildman–Crippen LogP) is 2.11. The second-order valence-electron chi connectivity index (χ2n) is 5.73. The molecule has 3 aromatic rings. The topological polar surface area (TPSA) is 72.6 Å². The molecule has 1 aliphatic heterocycles. The van der Waals surface area contributed by atoms with E-state index in [4.69, 9.17) is 4.74 Å². The Kier molecular flexibility index (Phi) is 3.60. The number of hydrogen-bond donors (Lipinski definition) is 0. The first-order chi connectivity index (χ1) is 11.8. The second-order valence-corrected chi connectivity index (χ2v) is 5.73. The zero-order valence-electron chi connectivity index (χ0n) is 13.3. The fourth-order valence-electron chi connectivity index (χ4n) is 3.16. The van der Waals surface area contributed by atoms with Crippen LogP contribution in [0, 0.1) is 0 Å². The van der Waals surface area contributed by atoms with Crippen molar-refractivity contribution in [1.82, 2.24) is 24.5 Å². The van der Waals surface area contributed by atoms with Crippen molar-refractivity contribution in [3.63, 3.8) is 0 Å². The van der Waals surface area contributed by atoms with Crippen LogP contribution in [-0.2, 0) is 0 Å². The summed E-state index contributed by atoms with van der Waals surface area (Å²) in [5, 5.41) is 8.51. The summed E-state index contributed by atoms with van der Waals surface area (Å²) in [5.74, 6) is 1.26. The SMILES string of the molecule is COc1ccc(C(=O)N2CCC[C@@H]2c2nnc3ccccn23)cn1. The van der Waals surface area contributed by atoms with Crippen LogP contribution in [0.15, 0.2) is 42.7 Å². The molecule has 1 saturated heterocycles. The molecule has 24 heavy (non-hydrogen) atoms. The van der Waals surface area contributed by atoms with E-state index in [-0.39, 0.29) is 11.9 Å². The van der Waals surface area contributed by atoms with Crippen LogP contribution in [-0.4, -0.2) is 44.0 Å². The summed E-state index contributed by atoms with van der Waals surface area (Å²) in [4.78, 5) is 18.9. The maximum absolute atomic E-state index is 12.9. The van der Waals surface area contributed by atoms with Crippen molar-refractivity contribution in [3.05, 3.63) is 54.1 Å². The number of carbonyl (C=O) groups is 1. The van der Waals surface area contributed by atoms with Crippen molar-refractivity contribution in [2.75, 3.05) is 13.7 Å². The molecule has 4 heterocycles. The Labute approximate surface area is 138 Å². The fourth-order valence-corrected chi connectivity index (χ4v) is 3.16. The van der Waals surface area contributed by atoms with Crippen molar-refractivity contribution in [1.29, 1.82) is 0 Å². The molecule has 0 radical (unpaired) electrons. The van der Waals surface area contributed by atoms with Crippen molar-refractivity contribution >= 4 is 11.6 Å². The van der Waals surface area contributed by atoms with Crippen molar-refractivity contribution in [2.45, 2.75) is 18.9 Å². The molecule has 0 aromatic carbocycles. The van der Waals surface area contributed by atoms with Gasteiger partial charge in [0.1, 0.15) is 0 Å². The third-order valence-corrected chi connectivity index (χ3v) is 4.34. The van der Waals surface area contributed by atoms with Crippen LogP contribution in [0.5, 0.6) is 5.88 Å². The van der Waals surface area contributed by atoms with Gasteiger partial charge in [-0.25, -0.2) is 4.98 Å². The molecule has 7 heteroatoms. The van der Waals surface area contributed by atoms with E-state index in [1.807, 2.05) is 33.7 Å². The van der Waals surface area contributed by atoms with Gasteiger partial charge < -0.3 is 9.64 Å². The van der Waals surface area contributed by atoms with Gasteiger partial charge in [0, 0.05) is 25.0 Å². The number of amides is 1. The molecule has 122 valence electrons. The number of carbonyl (C=O) groups excluding carboxylic acids is 1. The molecular weight excluding hydrogens is 306 g/mol. The Hall–Kier alpha value is -2.96. The standard InChI is InChI=1S/C17H17N5O2/c1-24-15-8-7-12(11-18-15)17(23)21-10-4-5-13(21)16-20-19-14-6-2-3-9-22(14)16/h2-3,6-9,11,13H,4-5,10H2,1H3/t13-/m1/s1. The van der Waals surface area contributed by atoms with Gasteiger partial charge in [0.15, 0.2) is 11.5 Å². The van der Waals surface area contributed by atoms with Gasteiger partial charge in [0.25, 0.3) is 5.91 Å². The Morgan fingerprint density at radius 1 is 1.25 bits per heavy atom. The number of hydrogen-bond acceptors (Lipinski definition) is 5. The maximum atomic E-state index is 12.9. The minimum Gasteiger partial charge on any atom is -0.481 e. The molecule has 3 aromatic heterocycles. The lowest BCUT2D eigenvalue weighted by molar-refractivity contribution is 0.0728. The molecule has 4 rings (SSSR count). The predicted molar refractivity (Wildman–Crippen MR) is 86.8 cm³/mol. The van der Waals surface area contributed by atoms with Crippen LogP contribution in [0.2, 0.25) is 0 Å². The van der Waals surface area contributed by atoms with E-state index in [1.165, 1.54) is 0 Å². The average molecular weight is 323 g/mol. The van der Waals surface area contributed by atoms with Gasteiger partial charge >= 0.3 is 0 Å². The van der Waals surface area contributed by atoms with Crippen LogP contribution < -0.4 is 4.74 Å². The van der Waals surface area contributed by atoms with E-state index < -0.39 is 0 Å². The highest BCUT2D eigenvalue weighted by Gasteiger charge is 2.33. The van der Waals surface area contributed by atoms with Crippen LogP contribution in [0.3, 0.4) is 0 Å². The number of methoxy groups -OCH3 is 1. The van der Waals surface area contributed by atoms with Gasteiger partial charge in [-0.15, -0.1) is 10.2 Å². The highest BCUT2D eigenvalue weighted by molar-refractivity contribution is 5.94. The van der Waals surface area contributed by atoms with Crippen LogP contribution in [0.1, 0.15) is 35.1 Å². The highest BCUT2D eigenvalue weighted by atomic mass is 16.5. The first-order valence-electron chi connectivity index (χ1n) is 7.88. The van der Waals surface area contributed by atoms with Crippen molar-refractivity contribution in [3.8, 4) is 5.88 Å². The zero-order valence-corrected chi connectivity index (χ0v) is 13.3. The van der Waals surface area contributed by atoms with Crippen molar-refractivity contribution < 1.29 is 9.53 Å². The number of ether oxygens (including phenoxy) is 1. The Bertz CT molecular complexity index is 874. The number of pyridine rings is 2. The monoisotopic (exact) mass is 323 g/mol. The third-order valence-electron chi connectivity index (χ3n) is 4.34. The molecule has 0 saturated carbocycles. The Morgan fingerprint density at radius 2 is 2.17 bits per heavy atom. The zero-order chi connectivity index (χ0) is 16.5. The van der Waals surface area contributed by atoms with Crippen LogP contribution in [0.4, 0.5) is 0 Å². The molecule has 0 N–H and O–H groups in total. The van der Waals surface area contributed by atoms with E-state index in [1.54, 1.807) is 25.4 Å². The van der Waals surface area contributed by atoms with Crippen molar-refractivity contribution in [2.24, 2.45) is 0 Å². The minimum atomic E-state index is -0.0722. The minimum absolute atomic E-state index is 0.0414. The third kappa shape index (κ3) is 2.38. The lowest BCUT2D eigenvalue weighted by Gasteiger charge is -2.23. The average Bonchev–Trinajstić information content (AvgIpc) is 3.27. The summed E-state index contributed by atoms with van der Waals surface area (Å²) in [6, 6.07) is 9.14. The quantitative estimate of drug-likeness (QED) is 0.738. The molecule has 0 unspecified atom stereocenters. The van der Waals surface area contributed by atoms with E-state index in [2.05, 4.69) is 15.2 Å². The number of nitrogens with zero attached hydrogens (tertiary/aromatic N) is 5. The number of likely N-dealkylation sites (tertiary alicyclic amines) is 1. The lowest BCUT2D eigenvalue weighted by Crippen LogP contribution is -2.31. The first kappa shape index (κ1) is 14.6. The summed E-state index contributed by atoms with van der Waals surface area (Å²) in [6.07, 6.45) is 5.31. The summed E-state index contributed by atoms with van der Waals surface area (Å²) >= 11 is 0. The lowest BCUT2D eigenvalue weighted by atomic mass is 10.2. The molecule has 7 nitrogen and oxygen atoms in total. The van der Waals surface area contributed by atoms with Gasteiger partial charge in [0.05, 0.1) is 18.7 Å². The number of fused-ring (bicyclic) bond motifs is 1. The highest BCUT2D eigenvalue weighted by Crippen LogP contribution is 2.32. The Balaban J connectivity index is 1.65. The largest absolute Gasteiger partial charge is 0.481 e. The summed E-state index contributed by atoms with van der Waals surface area (Å²) in [5.41, 5.74) is 1.34. The number of aromatic nitrogens is 4. The normalized spacial score (nSPS) is 17.4. The molecule has 1 fully saturated rings. The van der Waals surface area contributed by atoms with Gasteiger partial charge in [-0.3, -0.25) is 9.20 Å². The van der Waals surface area contributed by atoms with Crippen LogP contribution in [0.25, 0.3) is 5.65 Å². The smallest absolute Gasteiger partial charge is 0.256 e. The van der Waals surface area contributed by atoms with E-state index in [9.17, 15) is 4.79 Å². The maximum Gasteiger partial charge on any atom is 0.256 e. The van der Waals surface area contributed by atoms with E-state index in [0.717, 1.165) is 24.3 Å². The fraction of sp³-hybridized carbons (Fsp3) is 0.294. The van der Waals surface area contributed by atoms with Crippen LogP contribution >= 0.6 is 0 Å². The first-order valence-corrected chi connectivity index (χ1v) is 7.88. The van der Waals surface area contributed by atoms with Gasteiger partial charge in [-0.1, -0.05) is 6.07 Å². The second kappa shape index (κ2) is 5.92. The summed E-state index contributed by atoms with van der Waals surface area (Å²) in [6.45, 7) is 0.706. The molecular formula is C17H17N5O2. The molecule has 1 atom stereocenters. The van der Waals surface area contributed by atoms with E-state index >= 15 is 0 Å². The molecule has 0 spiro atoms. The molecule has 1 amide bonds. The Morgan fingerprint density at radius 3 is 2.96 bits per heavy atom. The molecule has 0 aliphatic carbocycles. The molecule has 1 aliphatic rings. The summed E-state index contributed by atoms with van der Waals surface area (Å²) < 4.78 is 6.99. The number of rotatable bonds is 3. The van der Waals surface area contributed by atoms with E-state index in [0.29, 0.717) is 18.0 Å². The summed E-state index contributed by atoms with van der Waals surface area (Å²) in [7, 11) is 1.55. The van der Waals surface area contributed by atoms with Gasteiger partial charge in [-0.05, 0) is 31.0 Å². The van der Waals surface area contributed by atoms with Gasteiger partial charge in [0.2, 0.25) is 5.88 Å².